The molecule has 1 amide bonds. The van der Waals surface area contributed by atoms with Crippen molar-refractivity contribution in [3.05, 3.63) is 78.1 Å². The Morgan fingerprint density at radius 1 is 1.18 bits per heavy atom. The summed E-state index contributed by atoms with van der Waals surface area (Å²) in [6.07, 6.45) is 3.97. The van der Waals surface area contributed by atoms with Gasteiger partial charge in [-0.3, -0.25) is 9.36 Å². The van der Waals surface area contributed by atoms with Crippen molar-refractivity contribution in [2.24, 2.45) is 0 Å². The first-order valence-corrected chi connectivity index (χ1v) is 12.3. The molecule has 0 aliphatic rings. The first-order valence-electron chi connectivity index (χ1n) is 11.3. The lowest BCUT2D eigenvalue weighted by molar-refractivity contribution is -0.113. The van der Waals surface area contributed by atoms with Crippen molar-refractivity contribution in [3.8, 4) is 5.75 Å². The minimum absolute atomic E-state index is 0.0776. The molecular weight excluding hydrogens is 432 g/mol. The molecular formula is C26H32N4O2S. The van der Waals surface area contributed by atoms with E-state index in [1.54, 1.807) is 6.08 Å². The van der Waals surface area contributed by atoms with Crippen molar-refractivity contribution < 1.29 is 9.53 Å². The normalized spacial score (nSPS) is 10.9. The lowest BCUT2D eigenvalue weighted by Gasteiger charge is -2.13. The molecule has 2 aromatic carbocycles. The second-order valence-corrected chi connectivity index (χ2v) is 9.00. The highest BCUT2D eigenvalue weighted by Gasteiger charge is 2.15. The number of amides is 1. The number of para-hydroxylation sites is 1. The summed E-state index contributed by atoms with van der Waals surface area (Å²) in [7, 11) is 0. The monoisotopic (exact) mass is 464 g/mol. The van der Waals surface area contributed by atoms with Gasteiger partial charge in [0.25, 0.3) is 0 Å². The maximum absolute atomic E-state index is 12.6. The molecule has 3 aromatic rings. The third kappa shape index (κ3) is 6.96. The van der Waals surface area contributed by atoms with Crippen molar-refractivity contribution in [1.29, 1.82) is 0 Å². The second kappa shape index (κ2) is 12.3. The average Bonchev–Trinajstić information content (AvgIpc) is 3.19. The number of aromatic nitrogens is 3. The molecule has 6 nitrogen and oxygen atoms in total. The van der Waals surface area contributed by atoms with Gasteiger partial charge in [-0.1, -0.05) is 75.4 Å². The molecule has 0 fully saturated rings. The molecule has 0 aliphatic carbocycles. The Kier molecular flexibility index (Phi) is 9.13. The van der Waals surface area contributed by atoms with Crippen molar-refractivity contribution in [2.75, 3.05) is 11.1 Å². The van der Waals surface area contributed by atoms with E-state index in [4.69, 9.17) is 4.74 Å². The molecule has 33 heavy (non-hydrogen) atoms. The average molecular weight is 465 g/mol. The van der Waals surface area contributed by atoms with Gasteiger partial charge in [0, 0.05) is 12.2 Å². The van der Waals surface area contributed by atoms with Crippen LogP contribution in [-0.2, 0) is 24.4 Å². The molecule has 0 saturated carbocycles. The van der Waals surface area contributed by atoms with Gasteiger partial charge >= 0.3 is 0 Å². The fourth-order valence-electron chi connectivity index (χ4n) is 3.46. The number of hydrogen-bond donors (Lipinski definition) is 1. The second-order valence-electron chi connectivity index (χ2n) is 8.06. The van der Waals surface area contributed by atoms with Gasteiger partial charge in [-0.05, 0) is 41.7 Å². The molecule has 1 heterocycles. The van der Waals surface area contributed by atoms with Crippen LogP contribution >= 0.6 is 11.8 Å². The van der Waals surface area contributed by atoms with E-state index in [9.17, 15) is 4.79 Å². The van der Waals surface area contributed by atoms with Crippen LogP contribution in [0.25, 0.3) is 0 Å². The highest BCUT2D eigenvalue weighted by atomic mass is 32.2. The van der Waals surface area contributed by atoms with Crippen molar-refractivity contribution in [1.82, 2.24) is 14.8 Å². The zero-order valence-electron chi connectivity index (χ0n) is 19.6. The Morgan fingerprint density at radius 3 is 2.64 bits per heavy atom. The smallest absolute Gasteiger partial charge is 0.234 e. The lowest BCUT2D eigenvalue weighted by Crippen LogP contribution is -2.16. The van der Waals surface area contributed by atoms with Crippen LogP contribution in [0.1, 0.15) is 50.1 Å². The molecule has 0 spiro atoms. The van der Waals surface area contributed by atoms with E-state index in [0.717, 1.165) is 29.8 Å². The molecule has 1 aromatic heterocycles. The number of thioether (sulfide) groups is 1. The number of carbonyl (C=O) groups is 1. The highest BCUT2D eigenvalue weighted by molar-refractivity contribution is 7.99. The summed E-state index contributed by atoms with van der Waals surface area (Å²) in [5, 5.41) is 12.2. The van der Waals surface area contributed by atoms with Crippen LogP contribution in [0.4, 0.5) is 5.69 Å². The van der Waals surface area contributed by atoms with Crippen LogP contribution in [0.3, 0.4) is 0 Å². The summed E-state index contributed by atoms with van der Waals surface area (Å²) in [6.45, 7) is 11.1. The Bertz CT molecular complexity index is 1060. The van der Waals surface area contributed by atoms with E-state index in [1.165, 1.54) is 17.3 Å². The first-order chi connectivity index (χ1) is 16.0. The summed E-state index contributed by atoms with van der Waals surface area (Å²) >= 11 is 1.35. The number of nitrogens with zero attached hydrogens (tertiary/aromatic N) is 3. The van der Waals surface area contributed by atoms with Crippen LogP contribution in [0.2, 0.25) is 0 Å². The van der Waals surface area contributed by atoms with E-state index in [1.807, 2.05) is 41.0 Å². The maximum atomic E-state index is 12.6. The number of allylic oxidation sites excluding steroid dienone is 1. The SMILES string of the molecule is C=CCn1c(COc2ccc(CCC)cc2)nnc1SCC(=O)Nc1ccccc1C(C)C. The largest absolute Gasteiger partial charge is 0.486 e. The number of nitrogens with one attached hydrogen (secondary N) is 1. The number of hydrogen-bond acceptors (Lipinski definition) is 5. The quantitative estimate of drug-likeness (QED) is 0.269. The molecule has 0 unspecified atom stereocenters. The Morgan fingerprint density at radius 2 is 1.94 bits per heavy atom. The highest BCUT2D eigenvalue weighted by Crippen LogP contribution is 2.25. The van der Waals surface area contributed by atoms with Gasteiger partial charge in [0.2, 0.25) is 5.91 Å². The zero-order valence-corrected chi connectivity index (χ0v) is 20.4. The third-order valence-electron chi connectivity index (χ3n) is 5.12. The molecule has 3 rings (SSSR count). The Labute approximate surface area is 200 Å². The predicted molar refractivity (Wildman–Crippen MR) is 135 cm³/mol. The van der Waals surface area contributed by atoms with Crippen LogP contribution in [0.5, 0.6) is 5.75 Å². The molecule has 0 aliphatic heterocycles. The predicted octanol–water partition coefficient (Wildman–Crippen LogP) is 5.85. The third-order valence-corrected chi connectivity index (χ3v) is 6.09. The number of rotatable bonds is 12. The van der Waals surface area contributed by atoms with Crippen molar-refractivity contribution in [3.63, 3.8) is 0 Å². The van der Waals surface area contributed by atoms with Crippen molar-refractivity contribution >= 4 is 23.4 Å². The van der Waals surface area contributed by atoms with Gasteiger partial charge < -0.3 is 10.1 Å². The van der Waals surface area contributed by atoms with Crippen LogP contribution < -0.4 is 10.1 Å². The summed E-state index contributed by atoms with van der Waals surface area (Å²) in [6, 6.07) is 16.0. The molecule has 0 saturated heterocycles. The van der Waals surface area contributed by atoms with Gasteiger partial charge in [0.05, 0.1) is 5.75 Å². The summed E-state index contributed by atoms with van der Waals surface area (Å²) in [5.74, 6) is 1.98. The number of benzene rings is 2. The maximum Gasteiger partial charge on any atom is 0.234 e. The van der Waals surface area contributed by atoms with E-state index < -0.39 is 0 Å². The number of anilines is 1. The van der Waals surface area contributed by atoms with E-state index in [-0.39, 0.29) is 11.7 Å². The molecule has 0 bridgehead atoms. The van der Waals surface area contributed by atoms with Gasteiger partial charge in [0.15, 0.2) is 11.0 Å². The summed E-state index contributed by atoms with van der Waals surface area (Å²) in [5.41, 5.74) is 3.27. The van der Waals surface area contributed by atoms with Gasteiger partial charge in [-0.25, -0.2) is 0 Å². The summed E-state index contributed by atoms with van der Waals surface area (Å²) < 4.78 is 7.85. The lowest BCUT2D eigenvalue weighted by atomic mass is 10.0. The van der Waals surface area contributed by atoms with Gasteiger partial charge in [-0.15, -0.1) is 16.8 Å². The van der Waals surface area contributed by atoms with Gasteiger partial charge in [0.1, 0.15) is 12.4 Å². The summed E-state index contributed by atoms with van der Waals surface area (Å²) in [4.78, 5) is 12.6. The molecule has 1 N–H and O–H groups in total. The van der Waals surface area contributed by atoms with E-state index in [2.05, 4.69) is 55.0 Å². The number of ether oxygens (including phenoxy) is 1. The fraction of sp³-hybridized carbons (Fsp3) is 0.346. The molecule has 0 radical (unpaired) electrons. The standard InChI is InChI=1S/C26H32N4O2S/c1-5-9-20-12-14-21(15-13-20)32-17-24-28-29-26(30(24)16-6-2)33-18-25(31)27-23-11-8-7-10-22(23)19(3)4/h6-8,10-15,19H,2,5,9,16-18H2,1,3-4H3,(H,27,31). The van der Waals surface area contributed by atoms with Crippen molar-refractivity contribution in [2.45, 2.75) is 57.8 Å². The van der Waals surface area contributed by atoms with Crippen LogP contribution in [-0.4, -0.2) is 26.4 Å². The number of carbonyl (C=O) groups excluding carboxylic acids is 1. The topological polar surface area (TPSA) is 69.0 Å². The zero-order chi connectivity index (χ0) is 23.6. The van der Waals surface area contributed by atoms with Crippen LogP contribution in [0.15, 0.2) is 66.3 Å². The van der Waals surface area contributed by atoms with E-state index in [0.29, 0.717) is 30.1 Å². The molecule has 174 valence electrons. The molecule has 7 heteroatoms. The number of aryl methyl sites for hydroxylation is 1. The van der Waals surface area contributed by atoms with Gasteiger partial charge in [-0.2, -0.15) is 0 Å². The Balaban J connectivity index is 1.61. The minimum Gasteiger partial charge on any atom is -0.486 e. The van der Waals surface area contributed by atoms with Crippen LogP contribution in [0, 0.1) is 0 Å². The molecule has 0 atom stereocenters. The Hall–Kier alpha value is -3.06. The fourth-order valence-corrected chi connectivity index (χ4v) is 4.23. The minimum atomic E-state index is -0.0776. The first kappa shape index (κ1) is 24.6. The van der Waals surface area contributed by atoms with E-state index >= 15 is 0 Å².